The summed E-state index contributed by atoms with van der Waals surface area (Å²) >= 11 is 0. The third-order valence-electron chi connectivity index (χ3n) is 2.87. The molecule has 0 aromatic carbocycles. The second-order valence-corrected chi connectivity index (χ2v) is 4.19. The summed E-state index contributed by atoms with van der Waals surface area (Å²) in [6, 6.07) is 0. The molecule has 1 N–H and O–H groups in total. The van der Waals surface area contributed by atoms with Crippen LogP contribution in [-0.4, -0.2) is 10.7 Å². The van der Waals surface area contributed by atoms with Crippen LogP contribution in [0.1, 0.15) is 52.9 Å². The number of rotatable bonds is 7. The van der Waals surface area contributed by atoms with Gasteiger partial charge in [0.15, 0.2) is 0 Å². The Hall–Kier alpha value is -0.300. The van der Waals surface area contributed by atoms with Crippen LogP contribution in [0.2, 0.25) is 0 Å². The Morgan fingerprint density at radius 1 is 1.38 bits per heavy atom. The normalized spacial score (nSPS) is 17.8. The fourth-order valence-electron chi connectivity index (χ4n) is 1.39. The lowest BCUT2D eigenvalue weighted by molar-refractivity contribution is 0.0138. The summed E-state index contributed by atoms with van der Waals surface area (Å²) in [4.78, 5) is 0. The van der Waals surface area contributed by atoms with Crippen LogP contribution in [0, 0.1) is 5.92 Å². The molecule has 0 radical (unpaired) electrons. The van der Waals surface area contributed by atoms with Crippen molar-refractivity contribution in [2.75, 3.05) is 0 Å². The Bertz CT molecular complexity index is 138. The lowest BCUT2D eigenvalue weighted by atomic mass is 9.86. The van der Waals surface area contributed by atoms with E-state index in [9.17, 15) is 5.11 Å². The number of hydrogen-bond acceptors (Lipinski definition) is 1. The predicted octanol–water partition coefficient (Wildman–Crippen LogP) is 3.53. The van der Waals surface area contributed by atoms with Gasteiger partial charge in [0.1, 0.15) is 0 Å². The van der Waals surface area contributed by atoms with Gasteiger partial charge in [-0.15, -0.1) is 6.58 Å². The van der Waals surface area contributed by atoms with E-state index in [2.05, 4.69) is 13.5 Å². The van der Waals surface area contributed by atoms with Gasteiger partial charge in [-0.1, -0.05) is 45.6 Å². The van der Waals surface area contributed by atoms with E-state index in [-0.39, 0.29) is 5.92 Å². The zero-order valence-electron chi connectivity index (χ0n) is 9.34. The fraction of sp³-hybridized carbons (Fsp3) is 0.833. The topological polar surface area (TPSA) is 20.2 Å². The first-order valence-electron chi connectivity index (χ1n) is 5.39. The van der Waals surface area contributed by atoms with Gasteiger partial charge in [0.25, 0.3) is 0 Å². The highest BCUT2D eigenvalue weighted by Crippen LogP contribution is 2.24. The predicted molar refractivity (Wildman–Crippen MR) is 58.7 cm³/mol. The van der Waals surface area contributed by atoms with Crippen molar-refractivity contribution in [1.82, 2.24) is 0 Å². The molecule has 0 aliphatic carbocycles. The first-order valence-corrected chi connectivity index (χ1v) is 5.39. The summed E-state index contributed by atoms with van der Waals surface area (Å²) in [5, 5.41) is 10.0. The van der Waals surface area contributed by atoms with Crippen LogP contribution in [0.25, 0.3) is 0 Å². The summed E-state index contributed by atoms with van der Waals surface area (Å²) in [6.45, 7) is 9.84. The molecular formula is C12H24O. The van der Waals surface area contributed by atoms with E-state index in [0.717, 1.165) is 12.8 Å². The van der Waals surface area contributed by atoms with Crippen molar-refractivity contribution in [3.05, 3.63) is 12.7 Å². The maximum absolute atomic E-state index is 10.0. The lowest BCUT2D eigenvalue weighted by Gasteiger charge is -2.28. The van der Waals surface area contributed by atoms with Gasteiger partial charge in [-0.3, -0.25) is 0 Å². The smallest absolute Gasteiger partial charge is 0.0679 e. The van der Waals surface area contributed by atoms with Crippen LogP contribution in [0.4, 0.5) is 0 Å². The first kappa shape index (κ1) is 12.7. The van der Waals surface area contributed by atoms with Crippen molar-refractivity contribution in [1.29, 1.82) is 0 Å². The summed E-state index contributed by atoms with van der Waals surface area (Å²) in [5.41, 5.74) is -0.560. The van der Waals surface area contributed by atoms with Gasteiger partial charge in [-0.25, -0.2) is 0 Å². The highest BCUT2D eigenvalue weighted by molar-refractivity contribution is 4.89. The average Bonchev–Trinajstić information content (AvgIpc) is 2.11. The minimum atomic E-state index is -0.560. The molecule has 0 saturated carbocycles. The van der Waals surface area contributed by atoms with E-state index < -0.39 is 5.60 Å². The monoisotopic (exact) mass is 184 g/mol. The molecule has 0 rings (SSSR count). The van der Waals surface area contributed by atoms with Gasteiger partial charge in [0, 0.05) is 5.92 Å². The molecule has 0 heterocycles. The van der Waals surface area contributed by atoms with Crippen LogP contribution < -0.4 is 0 Å². The second-order valence-electron chi connectivity index (χ2n) is 4.19. The minimum Gasteiger partial charge on any atom is -0.390 e. The molecule has 0 aliphatic heterocycles. The number of aliphatic hydroxyl groups is 1. The molecular weight excluding hydrogens is 160 g/mol. The Balaban J connectivity index is 3.68. The van der Waals surface area contributed by atoms with E-state index in [1.54, 1.807) is 0 Å². The largest absolute Gasteiger partial charge is 0.390 e. The zero-order valence-corrected chi connectivity index (χ0v) is 9.34. The van der Waals surface area contributed by atoms with E-state index >= 15 is 0 Å². The van der Waals surface area contributed by atoms with E-state index in [0.29, 0.717) is 0 Å². The van der Waals surface area contributed by atoms with Gasteiger partial charge in [0.2, 0.25) is 0 Å². The second kappa shape index (κ2) is 6.20. The van der Waals surface area contributed by atoms with Crippen LogP contribution in [0.15, 0.2) is 12.7 Å². The molecule has 78 valence electrons. The van der Waals surface area contributed by atoms with Gasteiger partial charge in [-0.05, 0) is 13.3 Å². The van der Waals surface area contributed by atoms with Crippen molar-refractivity contribution >= 4 is 0 Å². The lowest BCUT2D eigenvalue weighted by Crippen LogP contribution is -2.31. The van der Waals surface area contributed by atoms with Gasteiger partial charge >= 0.3 is 0 Å². The Morgan fingerprint density at radius 2 is 2.00 bits per heavy atom. The van der Waals surface area contributed by atoms with Crippen LogP contribution in [-0.2, 0) is 0 Å². The van der Waals surface area contributed by atoms with E-state index in [1.165, 1.54) is 19.3 Å². The fourth-order valence-corrected chi connectivity index (χ4v) is 1.39. The van der Waals surface area contributed by atoms with Crippen LogP contribution in [0.5, 0.6) is 0 Å². The molecule has 13 heavy (non-hydrogen) atoms. The van der Waals surface area contributed by atoms with Crippen LogP contribution >= 0.6 is 0 Å². The van der Waals surface area contributed by atoms with E-state index in [4.69, 9.17) is 0 Å². The Morgan fingerprint density at radius 3 is 2.46 bits per heavy atom. The molecule has 2 unspecified atom stereocenters. The minimum absolute atomic E-state index is 0.189. The molecule has 0 saturated heterocycles. The maximum Gasteiger partial charge on any atom is 0.0679 e. The molecule has 1 heteroatoms. The molecule has 2 atom stereocenters. The van der Waals surface area contributed by atoms with Crippen molar-refractivity contribution in [3.8, 4) is 0 Å². The third kappa shape index (κ3) is 5.09. The molecule has 1 nitrogen and oxygen atoms in total. The van der Waals surface area contributed by atoms with Gasteiger partial charge in [0.05, 0.1) is 5.60 Å². The number of unbranched alkanes of at least 4 members (excludes halogenated alkanes) is 3. The third-order valence-corrected chi connectivity index (χ3v) is 2.87. The molecule has 0 amide bonds. The summed E-state index contributed by atoms with van der Waals surface area (Å²) in [6.07, 6.45) is 7.60. The van der Waals surface area contributed by atoms with Crippen molar-refractivity contribution in [3.63, 3.8) is 0 Å². The molecule has 0 fully saturated rings. The number of hydrogen-bond donors (Lipinski definition) is 1. The van der Waals surface area contributed by atoms with Crippen LogP contribution in [0.3, 0.4) is 0 Å². The maximum atomic E-state index is 10.0. The zero-order chi connectivity index (χ0) is 10.3. The molecule has 0 aromatic heterocycles. The van der Waals surface area contributed by atoms with Crippen molar-refractivity contribution in [2.24, 2.45) is 5.92 Å². The molecule has 0 bridgehead atoms. The van der Waals surface area contributed by atoms with Gasteiger partial charge in [-0.2, -0.15) is 0 Å². The highest BCUT2D eigenvalue weighted by atomic mass is 16.3. The Labute approximate surface area is 82.9 Å². The average molecular weight is 184 g/mol. The quantitative estimate of drug-likeness (QED) is 0.474. The standard InChI is InChI=1S/C12H24O/c1-5-7-8-9-10-12(4,13)11(3)6-2/h6,11,13H,2,5,7-10H2,1,3-4H3. The summed E-state index contributed by atoms with van der Waals surface area (Å²) in [5.74, 6) is 0.189. The van der Waals surface area contributed by atoms with Crippen molar-refractivity contribution in [2.45, 2.75) is 58.5 Å². The molecule has 0 aromatic rings. The molecule has 0 spiro atoms. The summed E-state index contributed by atoms with van der Waals surface area (Å²) in [7, 11) is 0. The highest BCUT2D eigenvalue weighted by Gasteiger charge is 2.24. The molecule has 0 aliphatic rings. The first-order chi connectivity index (χ1) is 6.04. The van der Waals surface area contributed by atoms with E-state index in [1.807, 2.05) is 19.9 Å². The SMILES string of the molecule is C=CC(C)C(C)(O)CCCCCC. The summed E-state index contributed by atoms with van der Waals surface area (Å²) < 4.78 is 0. The van der Waals surface area contributed by atoms with Crippen molar-refractivity contribution < 1.29 is 5.11 Å². The Kier molecular flexibility index (Phi) is 6.06. The van der Waals surface area contributed by atoms with Gasteiger partial charge < -0.3 is 5.11 Å².